The molecule has 4 saturated carbocycles. The van der Waals surface area contributed by atoms with Crippen molar-refractivity contribution in [2.45, 2.75) is 77.8 Å². The predicted molar refractivity (Wildman–Crippen MR) is 95.4 cm³/mol. The van der Waals surface area contributed by atoms with E-state index in [0.29, 0.717) is 60.7 Å². The lowest BCUT2D eigenvalue weighted by molar-refractivity contribution is -0.196. The van der Waals surface area contributed by atoms with E-state index in [0.717, 1.165) is 25.5 Å². The second kappa shape index (κ2) is 6.51. The summed E-state index contributed by atoms with van der Waals surface area (Å²) in [6.45, 7) is 4.73. The number of halogens is 3. The molecular weight excluding hydrogens is 337 g/mol. The van der Waals surface area contributed by atoms with Gasteiger partial charge in [-0.15, -0.1) is 0 Å². The zero-order valence-electron chi connectivity index (χ0n) is 16.1. The summed E-state index contributed by atoms with van der Waals surface area (Å²) in [6.07, 6.45) is 4.99. The highest BCUT2D eigenvalue weighted by molar-refractivity contribution is 5.50. The van der Waals surface area contributed by atoms with E-state index in [9.17, 15) is 18.0 Å². The molecule has 4 fully saturated rings. The molecule has 0 amide bonds. The summed E-state index contributed by atoms with van der Waals surface area (Å²) in [4.78, 5) is 11.2. The van der Waals surface area contributed by atoms with Crippen LogP contribution in [-0.4, -0.2) is 12.5 Å². The van der Waals surface area contributed by atoms with Crippen LogP contribution in [0.1, 0.15) is 71.6 Å². The highest BCUT2D eigenvalue weighted by Crippen LogP contribution is 2.66. The summed E-state index contributed by atoms with van der Waals surface area (Å²) < 4.78 is 39.6. The average molecular weight is 370 g/mol. The van der Waals surface area contributed by atoms with Crippen LogP contribution in [0.5, 0.6) is 0 Å². The third-order valence-electron chi connectivity index (χ3n) is 9.36. The number of hydrogen-bond donors (Lipinski definition) is 0. The maximum atomic E-state index is 13.2. The number of alkyl halides is 3. The first-order valence-corrected chi connectivity index (χ1v) is 10.8. The summed E-state index contributed by atoms with van der Waals surface area (Å²) in [7, 11) is 0. The van der Waals surface area contributed by atoms with E-state index in [1.165, 1.54) is 19.3 Å². The summed E-state index contributed by atoms with van der Waals surface area (Å²) in [5, 5.41) is 0. The maximum Gasteiger partial charge on any atom is 0.391 e. The minimum atomic E-state index is -4.00. The number of aldehydes is 1. The van der Waals surface area contributed by atoms with Crippen molar-refractivity contribution in [3.8, 4) is 0 Å². The van der Waals surface area contributed by atoms with Crippen LogP contribution in [0.3, 0.4) is 0 Å². The molecule has 4 rings (SSSR count). The molecule has 0 bridgehead atoms. The van der Waals surface area contributed by atoms with Crippen molar-refractivity contribution in [1.82, 2.24) is 0 Å². The van der Waals surface area contributed by atoms with E-state index in [1.807, 2.05) is 0 Å². The van der Waals surface area contributed by atoms with E-state index in [-0.39, 0.29) is 5.41 Å². The Balaban J connectivity index is 1.51. The minimum Gasteiger partial charge on any atom is -0.303 e. The van der Waals surface area contributed by atoms with Gasteiger partial charge in [-0.1, -0.05) is 13.8 Å². The number of carbonyl (C=O) groups excluding carboxylic acids is 1. The van der Waals surface area contributed by atoms with Crippen LogP contribution >= 0.6 is 0 Å². The third-order valence-corrected chi connectivity index (χ3v) is 9.36. The Kier molecular flexibility index (Phi) is 4.71. The normalized spacial score (nSPS) is 51.3. The molecule has 0 heterocycles. The largest absolute Gasteiger partial charge is 0.391 e. The van der Waals surface area contributed by atoms with Gasteiger partial charge >= 0.3 is 6.18 Å². The van der Waals surface area contributed by atoms with Crippen molar-refractivity contribution < 1.29 is 18.0 Å². The lowest BCUT2D eigenvalue weighted by atomic mass is 9.49. The molecule has 4 aliphatic rings. The highest BCUT2D eigenvalue weighted by Gasteiger charge is 2.59. The Morgan fingerprint density at radius 2 is 1.73 bits per heavy atom. The first-order valence-electron chi connectivity index (χ1n) is 10.8. The summed E-state index contributed by atoms with van der Waals surface area (Å²) in [5.74, 6) is 2.89. The second-order valence-corrected chi connectivity index (χ2v) is 10.3. The average Bonchev–Trinajstić information content (AvgIpc) is 2.85. The van der Waals surface area contributed by atoms with Gasteiger partial charge in [0.05, 0.1) is 5.92 Å². The zero-order chi connectivity index (χ0) is 18.7. The molecule has 9 atom stereocenters. The van der Waals surface area contributed by atoms with Gasteiger partial charge < -0.3 is 4.79 Å². The zero-order valence-corrected chi connectivity index (χ0v) is 16.1. The molecule has 4 aliphatic carbocycles. The molecule has 0 saturated heterocycles. The molecule has 1 nitrogen and oxygen atoms in total. The summed E-state index contributed by atoms with van der Waals surface area (Å²) in [5.41, 5.74) is 0.275. The van der Waals surface area contributed by atoms with Crippen molar-refractivity contribution in [3.05, 3.63) is 0 Å². The van der Waals surface area contributed by atoms with Crippen molar-refractivity contribution in [1.29, 1.82) is 0 Å². The van der Waals surface area contributed by atoms with Crippen LogP contribution in [0.25, 0.3) is 0 Å². The Labute approximate surface area is 155 Å². The van der Waals surface area contributed by atoms with Gasteiger partial charge in [0.15, 0.2) is 0 Å². The van der Waals surface area contributed by atoms with Gasteiger partial charge in [-0.3, -0.25) is 0 Å². The quantitative estimate of drug-likeness (QED) is 0.524. The fourth-order valence-electron chi connectivity index (χ4n) is 8.22. The van der Waals surface area contributed by atoms with Crippen molar-refractivity contribution in [2.24, 2.45) is 52.8 Å². The topological polar surface area (TPSA) is 17.1 Å². The Morgan fingerprint density at radius 1 is 1.00 bits per heavy atom. The maximum absolute atomic E-state index is 13.2. The summed E-state index contributed by atoms with van der Waals surface area (Å²) >= 11 is 0. The lowest BCUT2D eigenvalue weighted by Crippen LogP contribution is -2.49. The van der Waals surface area contributed by atoms with Gasteiger partial charge in [0.25, 0.3) is 0 Å². The molecule has 3 unspecified atom stereocenters. The van der Waals surface area contributed by atoms with Gasteiger partial charge in [-0.25, -0.2) is 0 Å². The second-order valence-electron chi connectivity index (χ2n) is 10.3. The van der Waals surface area contributed by atoms with Crippen LogP contribution in [0.2, 0.25) is 0 Å². The van der Waals surface area contributed by atoms with Crippen molar-refractivity contribution >= 4 is 6.29 Å². The minimum absolute atomic E-state index is 0.275. The van der Waals surface area contributed by atoms with Crippen LogP contribution in [0.4, 0.5) is 13.2 Å². The molecule has 0 aromatic heterocycles. The Morgan fingerprint density at radius 3 is 2.42 bits per heavy atom. The van der Waals surface area contributed by atoms with Gasteiger partial charge in [-0.05, 0) is 98.2 Å². The predicted octanol–water partition coefficient (Wildman–Crippen LogP) is 6.27. The Bertz CT molecular complexity index is 544. The number of rotatable bonds is 2. The van der Waals surface area contributed by atoms with E-state index < -0.39 is 12.1 Å². The van der Waals surface area contributed by atoms with Crippen LogP contribution < -0.4 is 0 Å². The molecule has 0 N–H and O–H groups in total. The molecule has 0 spiro atoms. The van der Waals surface area contributed by atoms with E-state index in [1.54, 1.807) is 0 Å². The smallest absolute Gasteiger partial charge is 0.303 e. The molecular formula is C22H33F3O. The molecule has 0 aliphatic heterocycles. The molecule has 0 radical (unpaired) electrons. The SMILES string of the molecule is C[C@@H]1CC2[C@@H]3CC[C@@H]4C[C@@H](C(F)(F)F)CC[C@@H]4C3CC[C@]2(C)C1CC=O. The van der Waals surface area contributed by atoms with Crippen LogP contribution in [-0.2, 0) is 4.79 Å². The van der Waals surface area contributed by atoms with E-state index in [4.69, 9.17) is 0 Å². The molecule has 26 heavy (non-hydrogen) atoms. The van der Waals surface area contributed by atoms with Gasteiger partial charge in [0.2, 0.25) is 0 Å². The summed E-state index contributed by atoms with van der Waals surface area (Å²) in [6, 6.07) is 0. The highest BCUT2D eigenvalue weighted by atomic mass is 19.4. The van der Waals surface area contributed by atoms with Gasteiger partial charge in [0, 0.05) is 6.42 Å². The van der Waals surface area contributed by atoms with Crippen molar-refractivity contribution in [2.75, 3.05) is 0 Å². The van der Waals surface area contributed by atoms with Crippen molar-refractivity contribution in [3.63, 3.8) is 0 Å². The van der Waals surface area contributed by atoms with Crippen LogP contribution in [0, 0.1) is 52.8 Å². The lowest BCUT2D eigenvalue weighted by Gasteiger charge is -2.56. The molecule has 148 valence electrons. The first kappa shape index (κ1) is 18.8. The number of carbonyl (C=O) groups is 1. The van der Waals surface area contributed by atoms with Gasteiger partial charge in [0.1, 0.15) is 6.29 Å². The first-order chi connectivity index (χ1) is 12.3. The fraction of sp³-hybridized carbons (Fsp3) is 0.955. The Hall–Kier alpha value is -0.540. The van der Waals surface area contributed by atoms with E-state index in [2.05, 4.69) is 13.8 Å². The third kappa shape index (κ3) is 2.85. The molecule has 0 aromatic rings. The van der Waals surface area contributed by atoms with Crippen LogP contribution in [0.15, 0.2) is 0 Å². The number of hydrogen-bond acceptors (Lipinski definition) is 1. The van der Waals surface area contributed by atoms with E-state index >= 15 is 0 Å². The standard InChI is InChI=1S/C22H33F3O/c1-13-11-20-18-5-3-14-12-15(22(23,24)25)4-6-16(14)17(18)7-9-21(20,2)19(13)8-10-26/h10,13-20H,3-9,11-12H2,1-2H3/t13-,14-,15+,16+,17?,18-,19?,20?,21-/m1/s1. The molecule has 4 heteroatoms. The fourth-order valence-corrected chi connectivity index (χ4v) is 8.22. The molecule has 0 aromatic carbocycles. The number of fused-ring (bicyclic) bond motifs is 5. The monoisotopic (exact) mass is 370 g/mol. The van der Waals surface area contributed by atoms with Gasteiger partial charge in [-0.2, -0.15) is 13.2 Å².